The van der Waals surface area contributed by atoms with Gasteiger partial charge in [-0.3, -0.25) is 14.2 Å². The minimum absolute atomic E-state index is 0.130. The largest absolute Gasteiger partial charge is 0.397 e. The third-order valence-corrected chi connectivity index (χ3v) is 2.63. The average molecular weight is 279 g/mol. The number of nitrogen functional groups attached to an aromatic ring is 1. The van der Waals surface area contributed by atoms with Gasteiger partial charge in [0.2, 0.25) is 5.91 Å². The summed E-state index contributed by atoms with van der Waals surface area (Å²) >= 11 is 5.76. The molecule has 0 aliphatic carbocycles. The van der Waals surface area contributed by atoms with Crippen LogP contribution in [0.25, 0.3) is 0 Å². The molecule has 1 amide bonds. The van der Waals surface area contributed by atoms with Crippen molar-refractivity contribution >= 4 is 28.9 Å². The van der Waals surface area contributed by atoms with Crippen LogP contribution in [0.5, 0.6) is 0 Å². The van der Waals surface area contributed by atoms with Gasteiger partial charge in [-0.15, -0.1) is 0 Å². The average Bonchev–Trinajstić information content (AvgIpc) is 2.36. The standard InChI is InChI=1S/C12H11ClN4O2/c13-8-1-2-10(9(14)5-8)16-11(18)6-17-7-15-4-3-12(17)19/h1-5,7H,6,14H2,(H,16,18). The SMILES string of the molecule is Nc1cc(Cl)ccc1NC(=O)Cn1cnccc1=O. The van der Waals surface area contributed by atoms with E-state index in [2.05, 4.69) is 10.3 Å². The first-order chi connectivity index (χ1) is 9.06. The predicted molar refractivity (Wildman–Crippen MR) is 73.0 cm³/mol. The first-order valence-electron chi connectivity index (χ1n) is 5.41. The van der Waals surface area contributed by atoms with Crippen LogP contribution in [0.4, 0.5) is 11.4 Å². The molecule has 0 fully saturated rings. The Morgan fingerprint density at radius 1 is 1.42 bits per heavy atom. The number of carbonyl (C=O) groups excluding carboxylic acids is 1. The highest BCUT2D eigenvalue weighted by atomic mass is 35.5. The monoisotopic (exact) mass is 278 g/mol. The molecule has 3 N–H and O–H groups in total. The molecule has 0 atom stereocenters. The second-order valence-electron chi connectivity index (χ2n) is 3.83. The topological polar surface area (TPSA) is 90.0 Å². The lowest BCUT2D eigenvalue weighted by atomic mass is 10.2. The van der Waals surface area contributed by atoms with Gasteiger partial charge < -0.3 is 11.1 Å². The van der Waals surface area contributed by atoms with Gasteiger partial charge in [-0.1, -0.05) is 11.6 Å². The lowest BCUT2D eigenvalue weighted by molar-refractivity contribution is -0.116. The smallest absolute Gasteiger partial charge is 0.253 e. The summed E-state index contributed by atoms with van der Waals surface area (Å²) in [6.45, 7) is -0.130. The van der Waals surface area contributed by atoms with Crippen LogP contribution in [0.2, 0.25) is 5.02 Å². The van der Waals surface area contributed by atoms with Gasteiger partial charge in [-0.2, -0.15) is 0 Å². The van der Waals surface area contributed by atoms with Crippen LogP contribution in [0, 0.1) is 0 Å². The molecule has 7 heteroatoms. The summed E-state index contributed by atoms with van der Waals surface area (Å²) < 4.78 is 1.20. The molecule has 0 radical (unpaired) electrons. The molecule has 6 nitrogen and oxygen atoms in total. The molecule has 2 aromatic rings. The molecule has 0 aliphatic rings. The Morgan fingerprint density at radius 3 is 2.89 bits per heavy atom. The summed E-state index contributed by atoms with van der Waals surface area (Å²) in [4.78, 5) is 27.0. The van der Waals surface area contributed by atoms with E-state index in [4.69, 9.17) is 17.3 Å². The summed E-state index contributed by atoms with van der Waals surface area (Å²) in [5.41, 5.74) is 6.23. The Morgan fingerprint density at radius 2 is 2.21 bits per heavy atom. The molecular weight excluding hydrogens is 268 g/mol. The van der Waals surface area contributed by atoms with E-state index >= 15 is 0 Å². The molecule has 0 bridgehead atoms. The van der Waals surface area contributed by atoms with Crippen molar-refractivity contribution in [2.24, 2.45) is 0 Å². The Balaban J connectivity index is 2.10. The Hall–Kier alpha value is -2.34. The lowest BCUT2D eigenvalue weighted by Crippen LogP contribution is -2.27. The molecule has 0 spiro atoms. The second-order valence-corrected chi connectivity index (χ2v) is 4.26. The Labute approximate surface area is 113 Å². The highest BCUT2D eigenvalue weighted by Gasteiger charge is 2.07. The number of hydrogen-bond donors (Lipinski definition) is 2. The van der Waals surface area contributed by atoms with Crippen molar-refractivity contribution in [2.75, 3.05) is 11.1 Å². The zero-order valence-electron chi connectivity index (χ0n) is 9.84. The molecule has 2 rings (SSSR count). The van der Waals surface area contributed by atoms with Gasteiger partial charge in [0.25, 0.3) is 5.56 Å². The van der Waals surface area contributed by atoms with Crippen LogP contribution < -0.4 is 16.6 Å². The minimum Gasteiger partial charge on any atom is -0.397 e. The molecule has 1 aromatic heterocycles. The number of nitrogens with zero attached hydrogens (tertiary/aromatic N) is 2. The highest BCUT2D eigenvalue weighted by molar-refractivity contribution is 6.31. The van der Waals surface area contributed by atoms with Gasteiger partial charge in [0.15, 0.2) is 0 Å². The zero-order valence-corrected chi connectivity index (χ0v) is 10.6. The molecule has 1 heterocycles. The van der Waals surface area contributed by atoms with E-state index < -0.39 is 0 Å². The van der Waals surface area contributed by atoms with Crippen LogP contribution in [0.3, 0.4) is 0 Å². The van der Waals surface area contributed by atoms with Crippen LogP contribution in [-0.2, 0) is 11.3 Å². The number of halogens is 1. The summed E-state index contributed by atoms with van der Waals surface area (Å²) in [5, 5.41) is 3.09. The van der Waals surface area contributed by atoms with Gasteiger partial charge >= 0.3 is 0 Å². The predicted octanol–water partition coefficient (Wildman–Crippen LogP) is 1.12. The van der Waals surface area contributed by atoms with Crippen molar-refractivity contribution in [3.05, 3.63) is 52.2 Å². The summed E-state index contributed by atoms with van der Waals surface area (Å²) in [7, 11) is 0. The van der Waals surface area contributed by atoms with Crippen LogP contribution in [-0.4, -0.2) is 15.5 Å². The van der Waals surface area contributed by atoms with Gasteiger partial charge in [0.05, 0.1) is 17.7 Å². The van der Waals surface area contributed by atoms with E-state index in [1.54, 1.807) is 12.1 Å². The first-order valence-corrected chi connectivity index (χ1v) is 5.79. The van der Waals surface area contributed by atoms with Crippen molar-refractivity contribution in [3.63, 3.8) is 0 Å². The summed E-state index contributed by atoms with van der Waals surface area (Å²) in [6, 6.07) is 6.03. The first kappa shape index (κ1) is 13.1. The summed E-state index contributed by atoms with van der Waals surface area (Å²) in [5.74, 6) is -0.371. The molecular formula is C12H11ClN4O2. The van der Waals surface area contributed by atoms with Gasteiger partial charge in [-0.05, 0) is 18.2 Å². The van der Waals surface area contributed by atoms with E-state index in [1.165, 1.54) is 29.2 Å². The molecule has 0 saturated heterocycles. The lowest BCUT2D eigenvalue weighted by Gasteiger charge is -2.09. The van der Waals surface area contributed by atoms with Crippen molar-refractivity contribution in [1.29, 1.82) is 0 Å². The van der Waals surface area contributed by atoms with Gasteiger partial charge in [0.1, 0.15) is 6.54 Å². The number of carbonyl (C=O) groups is 1. The van der Waals surface area contributed by atoms with Gasteiger partial charge in [0, 0.05) is 17.3 Å². The fraction of sp³-hybridized carbons (Fsp3) is 0.0833. The number of hydrogen-bond acceptors (Lipinski definition) is 4. The third kappa shape index (κ3) is 3.32. The van der Waals surface area contributed by atoms with Crippen molar-refractivity contribution < 1.29 is 4.79 Å². The Bertz CT molecular complexity index is 669. The number of nitrogens with two attached hydrogens (primary N) is 1. The fourth-order valence-electron chi connectivity index (χ4n) is 1.49. The van der Waals surface area contributed by atoms with Crippen molar-refractivity contribution in [1.82, 2.24) is 9.55 Å². The third-order valence-electron chi connectivity index (χ3n) is 2.39. The van der Waals surface area contributed by atoms with Crippen LogP contribution in [0.1, 0.15) is 0 Å². The number of aromatic nitrogens is 2. The fourth-order valence-corrected chi connectivity index (χ4v) is 1.67. The van der Waals surface area contributed by atoms with Gasteiger partial charge in [-0.25, -0.2) is 4.98 Å². The molecule has 0 aliphatic heterocycles. The number of anilines is 2. The maximum absolute atomic E-state index is 11.8. The molecule has 0 saturated carbocycles. The quantitative estimate of drug-likeness (QED) is 0.823. The van der Waals surface area contributed by atoms with E-state index in [-0.39, 0.29) is 18.0 Å². The maximum Gasteiger partial charge on any atom is 0.253 e. The van der Waals surface area contributed by atoms with E-state index in [1.807, 2.05) is 0 Å². The number of rotatable bonds is 3. The van der Waals surface area contributed by atoms with E-state index in [0.29, 0.717) is 16.4 Å². The minimum atomic E-state index is -0.371. The summed E-state index contributed by atoms with van der Waals surface area (Å²) in [6.07, 6.45) is 2.67. The normalized spacial score (nSPS) is 10.2. The second kappa shape index (κ2) is 5.53. The highest BCUT2D eigenvalue weighted by Crippen LogP contribution is 2.22. The maximum atomic E-state index is 11.8. The van der Waals surface area contributed by atoms with Crippen molar-refractivity contribution in [3.8, 4) is 0 Å². The van der Waals surface area contributed by atoms with E-state index in [9.17, 15) is 9.59 Å². The van der Waals surface area contributed by atoms with E-state index in [0.717, 1.165) is 0 Å². The van der Waals surface area contributed by atoms with Crippen LogP contribution in [0.15, 0.2) is 41.6 Å². The molecule has 19 heavy (non-hydrogen) atoms. The molecule has 0 unspecified atom stereocenters. The number of amides is 1. The van der Waals surface area contributed by atoms with Crippen LogP contribution >= 0.6 is 11.6 Å². The number of nitrogens with one attached hydrogen (secondary N) is 1. The number of benzene rings is 1. The Kier molecular flexibility index (Phi) is 3.82. The molecule has 1 aromatic carbocycles. The van der Waals surface area contributed by atoms with Crippen molar-refractivity contribution in [2.45, 2.75) is 6.54 Å². The zero-order chi connectivity index (χ0) is 13.8. The molecule has 98 valence electrons.